The Morgan fingerprint density at radius 2 is 1.90 bits per heavy atom. The van der Waals surface area contributed by atoms with E-state index in [1.54, 1.807) is 7.05 Å². The molecule has 118 valence electrons. The fourth-order valence-electron chi connectivity index (χ4n) is 1.91. The average Bonchev–Trinajstić information content (AvgIpc) is 2.52. The number of aliphatic imine (C=N–C) groups is 1. The van der Waals surface area contributed by atoms with Crippen LogP contribution in [-0.2, 0) is 0 Å². The fourth-order valence-corrected chi connectivity index (χ4v) is 2.04. The number of halogens is 1. The number of allylic oxidation sites excluding steroid dienone is 3. The third kappa shape index (κ3) is 8.02. The molecule has 1 heterocycles. The number of rotatable bonds is 5. The Kier molecular flexibility index (Phi) is 10.9. The van der Waals surface area contributed by atoms with E-state index in [4.69, 9.17) is 0 Å². The van der Waals surface area contributed by atoms with E-state index in [1.807, 2.05) is 26.0 Å². The Balaban J connectivity index is 0.00000191. The van der Waals surface area contributed by atoms with Gasteiger partial charge in [-0.3, -0.25) is 4.99 Å². The zero-order valence-electron chi connectivity index (χ0n) is 13.5. The Labute approximate surface area is 138 Å². The van der Waals surface area contributed by atoms with Crippen LogP contribution in [0, 0.1) is 0 Å². The van der Waals surface area contributed by atoms with E-state index in [9.17, 15) is 0 Å². The van der Waals surface area contributed by atoms with Gasteiger partial charge < -0.3 is 10.6 Å². The van der Waals surface area contributed by atoms with Crippen molar-refractivity contribution >= 4 is 21.8 Å². The van der Waals surface area contributed by atoms with Crippen molar-refractivity contribution in [3.63, 3.8) is 0 Å². The lowest BCUT2D eigenvalue weighted by atomic mass is 10.0. The molecule has 2 N–H and O–H groups in total. The highest BCUT2D eigenvalue weighted by atomic mass is 79.9. The van der Waals surface area contributed by atoms with Crippen LogP contribution in [-0.4, -0.2) is 25.5 Å². The van der Waals surface area contributed by atoms with E-state index in [2.05, 4.69) is 51.3 Å². The zero-order chi connectivity index (χ0) is 16.3. The summed E-state index contributed by atoms with van der Waals surface area (Å²) in [7, 11) is 1.80. The van der Waals surface area contributed by atoms with Crippen LogP contribution in [0.4, 0.5) is 0 Å². The number of amidine groups is 1. The van der Waals surface area contributed by atoms with E-state index in [-0.39, 0.29) is 0 Å². The fraction of sp³-hybridized carbons (Fsp3) is 0.471. The normalized spacial score (nSPS) is 18.7. The molecular weight excluding hydrogens is 326 g/mol. The number of hydrogen-bond acceptors (Lipinski definition) is 2. The van der Waals surface area contributed by atoms with Crippen LogP contribution >= 0.6 is 15.9 Å². The molecule has 3 nitrogen and oxygen atoms in total. The summed E-state index contributed by atoms with van der Waals surface area (Å²) in [5.74, 6) is 0.928. The van der Waals surface area contributed by atoms with Gasteiger partial charge in [0, 0.05) is 17.2 Å². The van der Waals surface area contributed by atoms with Crippen molar-refractivity contribution in [1.29, 1.82) is 0 Å². The van der Waals surface area contributed by atoms with Crippen molar-refractivity contribution in [2.75, 3.05) is 13.6 Å². The maximum atomic E-state index is 4.32. The van der Waals surface area contributed by atoms with Gasteiger partial charge in [-0.05, 0) is 31.0 Å². The van der Waals surface area contributed by atoms with Gasteiger partial charge in [0.05, 0.1) is 6.04 Å². The first-order valence-electron chi connectivity index (χ1n) is 7.42. The standard InChI is InChI=1S/C15H22BrN3.C2H6/c1-11(8-9-12(2)16)13(3)19-15(17-4)14-7-5-6-10-18-14;1-2/h8-9,14,18H,1-3,5-7,10H2,4H3,(H,17,19);1-2H3/b9-8-;. The number of nitrogens with zero attached hydrogens (tertiary/aromatic N) is 1. The molecule has 0 amide bonds. The number of piperidine rings is 1. The molecular formula is C17H28BrN3. The van der Waals surface area contributed by atoms with Gasteiger partial charge in [0.1, 0.15) is 5.84 Å². The summed E-state index contributed by atoms with van der Waals surface area (Å²) in [6.07, 6.45) is 7.28. The van der Waals surface area contributed by atoms with Crippen molar-refractivity contribution in [3.05, 3.63) is 47.6 Å². The van der Waals surface area contributed by atoms with Gasteiger partial charge in [-0.2, -0.15) is 0 Å². The van der Waals surface area contributed by atoms with Gasteiger partial charge in [0.15, 0.2) is 0 Å². The summed E-state index contributed by atoms with van der Waals surface area (Å²) in [5, 5.41) is 6.72. The molecule has 0 aromatic heterocycles. The zero-order valence-corrected chi connectivity index (χ0v) is 15.1. The minimum absolute atomic E-state index is 0.290. The summed E-state index contributed by atoms with van der Waals surface area (Å²) >= 11 is 3.27. The van der Waals surface area contributed by atoms with Crippen LogP contribution < -0.4 is 10.6 Å². The molecule has 0 aromatic carbocycles. The third-order valence-corrected chi connectivity index (χ3v) is 3.28. The molecule has 1 rings (SSSR count). The van der Waals surface area contributed by atoms with E-state index in [1.165, 1.54) is 12.8 Å². The van der Waals surface area contributed by atoms with Gasteiger partial charge in [-0.1, -0.05) is 62.0 Å². The van der Waals surface area contributed by atoms with E-state index in [0.717, 1.165) is 34.6 Å². The van der Waals surface area contributed by atoms with E-state index >= 15 is 0 Å². The lowest BCUT2D eigenvalue weighted by Crippen LogP contribution is -2.46. The Morgan fingerprint density at radius 3 is 2.38 bits per heavy atom. The highest BCUT2D eigenvalue weighted by Gasteiger charge is 2.18. The molecule has 21 heavy (non-hydrogen) atoms. The van der Waals surface area contributed by atoms with Crippen molar-refractivity contribution in [1.82, 2.24) is 10.6 Å². The molecule has 0 radical (unpaired) electrons. The highest BCUT2D eigenvalue weighted by Crippen LogP contribution is 2.12. The second kappa shape index (κ2) is 11.5. The van der Waals surface area contributed by atoms with Crippen LogP contribution in [0.5, 0.6) is 0 Å². The van der Waals surface area contributed by atoms with Crippen molar-refractivity contribution in [2.45, 2.75) is 39.2 Å². The van der Waals surface area contributed by atoms with Crippen LogP contribution in [0.3, 0.4) is 0 Å². The summed E-state index contributed by atoms with van der Waals surface area (Å²) in [4.78, 5) is 4.32. The summed E-state index contributed by atoms with van der Waals surface area (Å²) in [5.41, 5.74) is 1.58. The second-order valence-corrected chi connectivity index (χ2v) is 5.54. The first-order valence-corrected chi connectivity index (χ1v) is 8.21. The number of nitrogens with one attached hydrogen (secondary N) is 2. The van der Waals surface area contributed by atoms with Gasteiger partial charge in [-0.15, -0.1) is 0 Å². The van der Waals surface area contributed by atoms with Gasteiger partial charge in [0.25, 0.3) is 0 Å². The SMILES string of the molecule is C=C(Br)/C=C\C(=C)C(=C)NC(=NC)C1CCCCN1.CC. The van der Waals surface area contributed by atoms with Gasteiger partial charge in [0.2, 0.25) is 0 Å². The largest absolute Gasteiger partial charge is 0.343 e. The molecule has 0 bridgehead atoms. The predicted octanol–water partition coefficient (Wildman–Crippen LogP) is 4.31. The first-order chi connectivity index (χ1) is 10.0. The highest BCUT2D eigenvalue weighted by molar-refractivity contribution is 9.11. The van der Waals surface area contributed by atoms with Crippen LogP contribution in [0.2, 0.25) is 0 Å². The smallest absolute Gasteiger partial charge is 0.118 e. The lowest BCUT2D eigenvalue weighted by molar-refractivity contribution is 0.466. The lowest BCUT2D eigenvalue weighted by Gasteiger charge is -2.26. The molecule has 1 unspecified atom stereocenters. The minimum atomic E-state index is 0.290. The minimum Gasteiger partial charge on any atom is -0.343 e. The van der Waals surface area contributed by atoms with Gasteiger partial charge in [-0.25, -0.2) is 0 Å². The third-order valence-electron chi connectivity index (χ3n) is 3.01. The molecule has 4 heteroatoms. The Hall–Kier alpha value is -1.13. The summed E-state index contributed by atoms with van der Waals surface area (Å²) in [6, 6.07) is 0.290. The molecule has 1 aliphatic rings. The maximum absolute atomic E-state index is 4.32. The summed E-state index contributed by atoms with van der Waals surface area (Å²) < 4.78 is 0.805. The van der Waals surface area contributed by atoms with Crippen molar-refractivity contribution in [2.24, 2.45) is 4.99 Å². The topological polar surface area (TPSA) is 36.4 Å². The van der Waals surface area contributed by atoms with Crippen LogP contribution in [0.25, 0.3) is 0 Å². The molecule has 1 aliphatic heterocycles. The molecule has 1 saturated heterocycles. The van der Waals surface area contributed by atoms with Crippen molar-refractivity contribution < 1.29 is 0 Å². The molecule has 0 aliphatic carbocycles. The molecule has 0 aromatic rings. The first kappa shape index (κ1) is 19.9. The molecule has 0 saturated carbocycles. The molecule has 0 spiro atoms. The van der Waals surface area contributed by atoms with E-state index in [0.29, 0.717) is 6.04 Å². The quantitative estimate of drug-likeness (QED) is 0.439. The Bertz CT molecular complexity index is 416. The number of hydrogen-bond donors (Lipinski definition) is 2. The average molecular weight is 354 g/mol. The van der Waals surface area contributed by atoms with Crippen LogP contribution in [0.15, 0.2) is 52.6 Å². The molecule has 1 atom stereocenters. The Morgan fingerprint density at radius 1 is 1.24 bits per heavy atom. The second-order valence-electron chi connectivity index (χ2n) is 4.52. The predicted molar refractivity (Wildman–Crippen MR) is 99.0 cm³/mol. The molecule has 1 fully saturated rings. The maximum Gasteiger partial charge on any atom is 0.118 e. The van der Waals surface area contributed by atoms with Crippen LogP contribution in [0.1, 0.15) is 33.1 Å². The monoisotopic (exact) mass is 353 g/mol. The van der Waals surface area contributed by atoms with Crippen molar-refractivity contribution in [3.8, 4) is 0 Å². The summed E-state index contributed by atoms with van der Waals surface area (Å²) in [6.45, 7) is 16.8. The van der Waals surface area contributed by atoms with E-state index < -0.39 is 0 Å². The van der Waals surface area contributed by atoms with Gasteiger partial charge >= 0.3 is 0 Å².